The molecule has 144 valence electrons. The van der Waals surface area contributed by atoms with Gasteiger partial charge in [-0.25, -0.2) is 14.8 Å². The van der Waals surface area contributed by atoms with E-state index >= 15 is 0 Å². The highest BCUT2D eigenvalue weighted by atomic mass is 19.4. The van der Waals surface area contributed by atoms with Crippen LogP contribution < -0.4 is 5.32 Å². The van der Waals surface area contributed by atoms with Crippen LogP contribution in [0.2, 0.25) is 0 Å². The van der Waals surface area contributed by atoms with Crippen molar-refractivity contribution >= 4 is 11.8 Å². The SMILES string of the molecule is O=C(O)c1cnc(NCC2(c3cccc(C(F)(F)F)c3)CCOCC2)cn1. The standard InChI is InChI=1S/C18H18F3N3O3/c19-18(20,21)13-3-1-2-12(8-13)17(4-6-27-7-5-17)11-24-15-10-22-14(9-23-15)16(25)26/h1-3,8-10H,4-7,11H2,(H,23,24)(H,25,26). The molecule has 6 nitrogen and oxygen atoms in total. The summed E-state index contributed by atoms with van der Waals surface area (Å²) in [4.78, 5) is 18.6. The van der Waals surface area contributed by atoms with E-state index in [-0.39, 0.29) is 5.69 Å². The molecule has 1 aliphatic rings. The molecular formula is C18H18F3N3O3. The van der Waals surface area contributed by atoms with E-state index in [9.17, 15) is 18.0 Å². The molecule has 2 aromatic rings. The van der Waals surface area contributed by atoms with Gasteiger partial charge >= 0.3 is 12.1 Å². The zero-order valence-electron chi connectivity index (χ0n) is 14.3. The predicted molar refractivity (Wildman–Crippen MR) is 90.7 cm³/mol. The molecule has 1 aliphatic heterocycles. The fourth-order valence-electron chi connectivity index (χ4n) is 3.14. The maximum Gasteiger partial charge on any atom is 0.416 e. The molecule has 0 radical (unpaired) electrons. The number of hydrogen-bond acceptors (Lipinski definition) is 5. The molecule has 0 aliphatic carbocycles. The minimum atomic E-state index is -4.41. The molecule has 0 bridgehead atoms. The third-order valence-electron chi connectivity index (χ3n) is 4.73. The number of nitrogens with one attached hydrogen (secondary N) is 1. The number of carboxylic acids is 1. The molecule has 0 atom stereocenters. The first-order chi connectivity index (χ1) is 12.8. The highest BCUT2D eigenvalue weighted by Crippen LogP contribution is 2.38. The van der Waals surface area contributed by atoms with Gasteiger partial charge in [0.25, 0.3) is 0 Å². The number of aromatic nitrogens is 2. The first-order valence-corrected chi connectivity index (χ1v) is 8.35. The number of carboxylic acid groups (broad SMARTS) is 1. The van der Waals surface area contributed by atoms with Crippen molar-refractivity contribution in [2.24, 2.45) is 0 Å². The van der Waals surface area contributed by atoms with Gasteiger partial charge in [-0.3, -0.25) is 0 Å². The van der Waals surface area contributed by atoms with E-state index in [0.717, 1.165) is 12.3 Å². The molecular weight excluding hydrogens is 363 g/mol. The lowest BCUT2D eigenvalue weighted by molar-refractivity contribution is -0.137. The summed E-state index contributed by atoms with van der Waals surface area (Å²) in [5, 5.41) is 11.9. The second-order valence-corrected chi connectivity index (χ2v) is 6.42. The van der Waals surface area contributed by atoms with Gasteiger partial charge in [-0.15, -0.1) is 0 Å². The molecule has 9 heteroatoms. The Balaban J connectivity index is 1.84. The first-order valence-electron chi connectivity index (χ1n) is 8.35. The smallest absolute Gasteiger partial charge is 0.416 e. The Bertz CT molecular complexity index is 803. The van der Waals surface area contributed by atoms with Gasteiger partial charge in [0.1, 0.15) is 5.82 Å². The van der Waals surface area contributed by atoms with Crippen molar-refractivity contribution < 1.29 is 27.8 Å². The van der Waals surface area contributed by atoms with Crippen LogP contribution in [-0.2, 0) is 16.3 Å². The summed E-state index contributed by atoms with van der Waals surface area (Å²) in [6, 6.07) is 5.35. The number of benzene rings is 1. The predicted octanol–water partition coefficient (Wildman–Crippen LogP) is 3.35. The van der Waals surface area contributed by atoms with Crippen molar-refractivity contribution in [1.82, 2.24) is 9.97 Å². The van der Waals surface area contributed by atoms with E-state index < -0.39 is 23.1 Å². The highest BCUT2D eigenvalue weighted by molar-refractivity contribution is 5.84. The van der Waals surface area contributed by atoms with E-state index in [4.69, 9.17) is 9.84 Å². The van der Waals surface area contributed by atoms with Crippen LogP contribution in [0, 0.1) is 0 Å². The third kappa shape index (κ3) is 4.36. The zero-order valence-corrected chi connectivity index (χ0v) is 14.3. The van der Waals surface area contributed by atoms with Crippen LogP contribution in [-0.4, -0.2) is 40.8 Å². The first kappa shape index (κ1) is 19.1. The molecule has 0 amide bonds. The van der Waals surface area contributed by atoms with Gasteiger partial charge in [0, 0.05) is 25.2 Å². The largest absolute Gasteiger partial charge is 0.476 e. The Kier molecular flexibility index (Phi) is 5.31. The van der Waals surface area contributed by atoms with Gasteiger partial charge in [-0.05, 0) is 24.5 Å². The zero-order chi connectivity index (χ0) is 19.5. The number of alkyl halides is 3. The summed E-state index contributed by atoms with van der Waals surface area (Å²) >= 11 is 0. The Labute approximate surface area is 153 Å². The normalized spacial score (nSPS) is 16.7. The Morgan fingerprint density at radius 1 is 1.22 bits per heavy atom. The molecule has 2 N–H and O–H groups in total. The summed E-state index contributed by atoms with van der Waals surface area (Å²) in [5.74, 6) is -0.822. The number of nitrogens with zero attached hydrogens (tertiary/aromatic N) is 2. The molecule has 0 saturated carbocycles. The quantitative estimate of drug-likeness (QED) is 0.826. The van der Waals surface area contributed by atoms with Crippen LogP contribution >= 0.6 is 0 Å². The van der Waals surface area contributed by atoms with Crippen LogP contribution in [0.3, 0.4) is 0 Å². The van der Waals surface area contributed by atoms with Crippen molar-refractivity contribution in [3.63, 3.8) is 0 Å². The van der Waals surface area contributed by atoms with Crippen LogP contribution in [0.15, 0.2) is 36.7 Å². The molecule has 0 spiro atoms. The lowest BCUT2D eigenvalue weighted by Crippen LogP contribution is -2.40. The van der Waals surface area contributed by atoms with E-state index in [0.29, 0.717) is 44.0 Å². The van der Waals surface area contributed by atoms with Crippen LogP contribution in [0.25, 0.3) is 0 Å². The van der Waals surface area contributed by atoms with Gasteiger partial charge in [0.2, 0.25) is 0 Å². The second-order valence-electron chi connectivity index (χ2n) is 6.42. The topological polar surface area (TPSA) is 84.3 Å². The summed E-state index contributed by atoms with van der Waals surface area (Å²) in [6.45, 7) is 1.22. The van der Waals surface area contributed by atoms with Gasteiger partial charge in [0.15, 0.2) is 5.69 Å². The Morgan fingerprint density at radius 2 is 1.96 bits per heavy atom. The molecule has 1 aromatic carbocycles. The van der Waals surface area contributed by atoms with E-state index in [2.05, 4.69) is 15.3 Å². The number of ether oxygens (including phenoxy) is 1. The highest BCUT2D eigenvalue weighted by Gasteiger charge is 2.37. The van der Waals surface area contributed by atoms with Gasteiger partial charge < -0.3 is 15.2 Å². The number of carbonyl (C=O) groups is 1. The fourth-order valence-corrected chi connectivity index (χ4v) is 3.14. The summed E-state index contributed by atoms with van der Waals surface area (Å²) in [7, 11) is 0. The third-order valence-corrected chi connectivity index (χ3v) is 4.73. The van der Waals surface area contributed by atoms with Crippen molar-refractivity contribution in [2.45, 2.75) is 24.4 Å². The minimum Gasteiger partial charge on any atom is -0.476 e. The van der Waals surface area contributed by atoms with Crippen LogP contribution in [0.4, 0.5) is 19.0 Å². The molecule has 1 saturated heterocycles. The van der Waals surface area contributed by atoms with Crippen LogP contribution in [0.5, 0.6) is 0 Å². The van der Waals surface area contributed by atoms with Gasteiger partial charge in [-0.2, -0.15) is 13.2 Å². The van der Waals surface area contributed by atoms with E-state index in [1.807, 2.05) is 0 Å². The molecule has 27 heavy (non-hydrogen) atoms. The molecule has 1 fully saturated rings. The lowest BCUT2D eigenvalue weighted by atomic mass is 9.73. The average Bonchev–Trinajstić information content (AvgIpc) is 2.67. The molecule has 1 aromatic heterocycles. The van der Waals surface area contributed by atoms with E-state index in [1.54, 1.807) is 6.07 Å². The average molecular weight is 381 g/mol. The molecule has 2 heterocycles. The Morgan fingerprint density at radius 3 is 2.56 bits per heavy atom. The van der Waals surface area contributed by atoms with Crippen LogP contribution in [0.1, 0.15) is 34.5 Å². The van der Waals surface area contributed by atoms with E-state index in [1.165, 1.54) is 18.3 Å². The Hall–Kier alpha value is -2.68. The van der Waals surface area contributed by atoms with Crippen molar-refractivity contribution in [3.05, 3.63) is 53.5 Å². The number of halogens is 3. The van der Waals surface area contributed by atoms with Gasteiger partial charge in [0.05, 0.1) is 18.0 Å². The second kappa shape index (κ2) is 7.51. The minimum absolute atomic E-state index is 0.181. The molecule has 3 rings (SSSR count). The molecule has 0 unspecified atom stereocenters. The number of rotatable bonds is 5. The summed E-state index contributed by atoms with van der Waals surface area (Å²) in [5.41, 5.74) is -0.828. The van der Waals surface area contributed by atoms with Crippen molar-refractivity contribution in [1.29, 1.82) is 0 Å². The maximum atomic E-state index is 13.1. The van der Waals surface area contributed by atoms with Gasteiger partial charge in [-0.1, -0.05) is 18.2 Å². The summed E-state index contributed by atoms with van der Waals surface area (Å²) in [6.07, 6.45) is -0.869. The number of aromatic carboxylic acids is 1. The number of anilines is 1. The monoisotopic (exact) mass is 381 g/mol. The van der Waals surface area contributed by atoms with Crippen molar-refractivity contribution in [2.75, 3.05) is 25.1 Å². The summed E-state index contributed by atoms with van der Waals surface area (Å²) < 4.78 is 44.7. The lowest BCUT2D eigenvalue weighted by Gasteiger charge is -2.38. The fraction of sp³-hybridized carbons (Fsp3) is 0.389. The van der Waals surface area contributed by atoms with Crippen molar-refractivity contribution in [3.8, 4) is 0 Å². The maximum absolute atomic E-state index is 13.1. The number of hydrogen-bond donors (Lipinski definition) is 2.